The molecule has 1 amide bonds. The van der Waals surface area contributed by atoms with Crippen molar-refractivity contribution in [3.05, 3.63) is 60.4 Å². The summed E-state index contributed by atoms with van der Waals surface area (Å²) >= 11 is 0. The van der Waals surface area contributed by atoms with E-state index in [0.29, 0.717) is 5.56 Å². The SMILES string of the molecule is NC(=O)c1ccc(Nc2ncnc3ccccc23)cc1. The molecule has 2 aromatic carbocycles. The third-order valence-corrected chi connectivity index (χ3v) is 2.97. The van der Waals surface area contributed by atoms with Gasteiger partial charge in [0.2, 0.25) is 5.91 Å². The Hall–Kier alpha value is -2.95. The maximum absolute atomic E-state index is 11.0. The molecule has 0 radical (unpaired) electrons. The number of hydrogen-bond donors (Lipinski definition) is 2. The van der Waals surface area contributed by atoms with Gasteiger partial charge < -0.3 is 11.1 Å². The van der Waals surface area contributed by atoms with Crippen molar-refractivity contribution in [1.29, 1.82) is 0 Å². The Balaban J connectivity index is 1.95. The van der Waals surface area contributed by atoms with Gasteiger partial charge in [-0.15, -0.1) is 0 Å². The van der Waals surface area contributed by atoms with Crippen LogP contribution >= 0.6 is 0 Å². The van der Waals surface area contributed by atoms with E-state index in [4.69, 9.17) is 5.73 Å². The lowest BCUT2D eigenvalue weighted by Crippen LogP contribution is -2.10. The number of nitrogens with one attached hydrogen (secondary N) is 1. The lowest BCUT2D eigenvalue weighted by molar-refractivity contribution is 0.100. The molecule has 0 saturated carbocycles. The van der Waals surface area contributed by atoms with E-state index < -0.39 is 5.91 Å². The summed E-state index contributed by atoms with van der Waals surface area (Å²) in [7, 11) is 0. The molecule has 1 aromatic heterocycles. The van der Waals surface area contributed by atoms with Gasteiger partial charge in [-0.25, -0.2) is 9.97 Å². The second kappa shape index (κ2) is 4.97. The van der Waals surface area contributed by atoms with Gasteiger partial charge in [-0.3, -0.25) is 4.79 Å². The number of aromatic nitrogens is 2. The summed E-state index contributed by atoms with van der Waals surface area (Å²) in [5.74, 6) is 0.284. The van der Waals surface area contributed by atoms with Crippen LogP contribution in [0.3, 0.4) is 0 Å². The largest absolute Gasteiger partial charge is 0.366 e. The first-order valence-electron chi connectivity index (χ1n) is 6.11. The number of primary amides is 1. The van der Waals surface area contributed by atoms with E-state index in [0.717, 1.165) is 22.4 Å². The van der Waals surface area contributed by atoms with Gasteiger partial charge in [-0.05, 0) is 36.4 Å². The first kappa shape index (κ1) is 12.1. The zero-order chi connectivity index (χ0) is 13.9. The van der Waals surface area contributed by atoms with Crippen molar-refractivity contribution in [3.63, 3.8) is 0 Å². The number of nitrogens with two attached hydrogens (primary N) is 1. The van der Waals surface area contributed by atoms with E-state index in [2.05, 4.69) is 15.3 Å². The fourth-order valence-electron chi connectivity index (χ4n) is 1.96. The van der Waals surface area contributed by atoms with Gasteiger partial charge in [0.15, 0.2) is 0 Å². The molecule has 5 heteroatoms. The molecular formula is C15H12N4O. The number of amides is 1. The number of rotatable bonds is 3. The zero-order valence-corrected chi connectivity index (χ0v) is 10.6. The minimum atomic E-state index is -0.441. The third kappa shape index (κ3) is 2.29. The quantitative estimate of drug-likeness (QED) is 0.761. The fourth-order valence-corrected chi connectivity index (χ4v) is 1.96. The van der Waals surface area contributed by atoms with Gasteiger partial charge in [0.25, 0.3) is 0 Å². The van der Waals surface area contributed by atoms with E-state index >= 15 is 0 Å². The molecule has 20 heavy (non-hydrogen) atoms. The van der Waals surface area contributed by atoms with Gasteiger partial charge in [-0.1, -0.05) is 12.1 Å². The summed E-state index contributed by atoms with van der Waals surface area (Å²) in [5, 5.41) is 4.15. The minimum Gasteiger partial charge on any atom is -0.366 e. The summed E-state index contributed by atoms with van der Waals surface area (Å²) in [6.45, 7) is 0. The monoisotopic (exact) mass is 264 g/mol. The molecule has 3 rings (SSSR count). The first-order valence-corrected chi connectivity index (χ1v) is 6.11. The summed E-state index contributed by atoms with van der Waals surface area (Å²) < 4.78 is 0. The van der Waals surface area contributed by atoms with Crippen LogP contribution in [-0.4, -0.2) is 15.9 Å². The van der Waals surface area contributed by atoms with Gasteiger partial charge >= 0.3 is 0 Å². The molecule has 0 aliphatic heterocycles. The molecule has 0 spiro atoms. The van der Waals surface area contributed by atoms with Crippen LogP contribution in [0.15, 0.2) is 54.9 Å². The Morgan fingerprint density at radius 1 is 1.00 bits per heavy atom. The first-order chi connectivity index (χ1) is 9.74. The molecule has 0 aliphatic carbocycles. The Kier molecular flexibility index (Phi) is 3.01. The van der Waals surface area contributed by atoms with Crippen molar-refractivity contribution in [1.82, 2.24) is 9.97 Å². The molecule has 0 atom stereocenters. The number of carbonyl (C=O) groups excluding carboxylic acids is 1. The fraction of sp³-hybridized carbons (Fsp3) is 0. The molecule has 98 valence electrons. The average Bonchev–Trinajstić information content (AvgIpc) is 2.48. The second-order valence-corrected chi connectivity index (χ2v) is 4.31. The lowest BCUT2D eigenvalue weighted by Gasteiger charge is -2.08. The van der Waals surface area contributed by atoms with Crippen molar-refractivity contribution in [3.8, 4) is 0 Å². The van der Waals surface area contributed by atoms with E-state index in [1.165, 1.54) is 6.33 Å². The Labute approximate surface area is 115 Å². The van der Waals surface area contributed by atoms with Gasteiger partial charge in [-0.2, -0.15) is 0 Å². The maximum Gasteiger partial charge on any atom is 0.248 e. The van der Waals surface area contributed by atoms with Gasteiger partial charge in [0, 0.05) is 16.6 Å². The van der Waals surface area contributed by atoms with E-state index in [-0.39, 0.29) is 0 Å². The number of fused-ring (bicyclic) bond motifs is 1. The molecule has 3 N–H and O–H groups in total. The zero-order valence-electron chi connectivity index (χ0n) is 10.6. The predicted octanol–water partition coefficient (Wildman–Crippen LogP) is 2.47. The van der Waals surface area contributed by atoms with Crippen LogP contribution in [0.25, 0.3) is 10.9 Å². The highest BCUT2D eigenvalue weighted by Gasteiger charge is 2.04. The topological polar surface area (TPSA) is 80.9 Å². The molecule has 5 nitrogen and oxygen atoms in total. The third-order valence-electron chi connectivity index (χ3n) is 2.97. The summed E-state index contributed by atoms with van der Waals surface area (Å²) in [5.41, 5.74) is 7.39. The Morgan fingerprint density at radius 3 is 2.50 bits per heavy atom. The van der Waals surface area contributed by atoms with E-state index in [1.54, 1.807) is 24.3 Å². The smallest absolute Gasteiger partial charge is 0.248 e. The highest BCUT2D eigenvalue weighted by molar-refractivity contribution is 5.94. The Morgan fingerprint density at radius 2 is 1.75 bits per heavy atom. The highest BCUT2D eigenvalue weighted by atomic mass is 16.1. The van der Waals surface area contributed by atoms with Crippen LogP contribution in [0.4, 0.5) is 11.5 Å². The van der Waals surface area contributed by atoms with Gasteiger partial charge in [0.1, 0.15) is 12.1 Å². The van der Waals surface area contributed by atoms with Crippen molar-refractivity contribution in [2.45, 2.75) is 0 Å². The summed E-state index contributed by atoms with van der Waals surface area (Å²) in [6, 6.07) is 14.7. The molecule has 0 unspecified atom stereocenters. The molecular weight excluding hydrogens is 252 g/mol. The van der Waals surface area contributed by atoms with Crippen LogP contribution in [0, 0.1) is 0 Å². The van der Waals surface area contributed by atoms with Crippen LogP contribution in [0.2, 0.25) is 0 Å². The number of para-hydroxylation sites is 1. The molecule has 0 fully saturated rings. The number of carbonyl (C=O) groups is 1. The number of nitrogens with zero attached hydrogens (tertiary/aromatic N) is 2. The van der Waals surface area contributed by atoms with Crippen molar-refractivity contribution in [2.75, 3.05) is 5.32 Å². The van der Waals surface area contributed by atoms with Crippen LogP contribution in [-0.2, 0) is 0 Å². The number of hydrogen-bond acceptors (Lipinski definition) is 4. The van der Waals surface area contributed by atoms with Crippen LogP contribution in [0.5, 0.6) is 0 Å². The van der Waals surface area contributed by atoms with Crippen molar-refractivity contribution < 1.29 is 4.79 Å². The maximum atomic E-state index is 11.0. The molecule has 0 bridgehead atoms. The summed E-state index contributed by atoms with van der Waals surface area (Å²) in [6.07, 6.45) is 1.52. The van der Waals surface area contributed by atoms with Crippen molar-refractivity contribution >= 4 is 28.3 Å². The Bertz CT molecular complexity index is 763. The molecule has 0 saturated heterocycles. The highest BCUT2D eigenvalue weighted by Crippen LogP contribution is 2.22. The van der Waals surface area contributed by atoms with E-state index in [1.807, 2.05) is 24.3 Å². The van der Waals surface area contributed by atoms with Gasteiger partial charge in [0.05, 0.1) is 5.52 Å². The summed E-state index contributed by atoms with van der Waals surface area (Å²) in [4.78, 5) is 19.5. The van der Waals surface area contributed by atoms with Crippen molar-refractivity contribution in [2.24, 2.45) is 5.73 Å². The predicted molar refractivity (Wildman–Crippen MR) is 77.8 cm³/mol. The standard InChI is InChI=1S/C15H12N4O/c16-14(20)10-5-7-11(8-6-10)19-15-12-3-1-2-4-13(12)17-9-18-15/h1-9H,(H2,16,20)(H,17,18,19). The number of benzene rings is 2. The van der Waals surface area contributed by atoms with E-state index in [9.17, 15) is 4.79 Å². The van der Waals surface area contributed by atoms with Crippen LogP contribution < -0.4 is 11.1 Å². The normalized spacial score (nSPS) is 10.4. The lowest BCUT2D eigenvalue weighted by atomic mass is 10.2. The molecule has 0 aliphatic rings. The second-order valence-electron chi connectivity index (χ2n) is 4.31. The number of anilines is 2. The molecule has 1 heterocycles. The molecule has 3 aromatic rings. The minimum absolute atomic E-state index is 0.441. The van der Waals surface area contributed by atoms with Crippen LogP contribution in [0.1, 0.15) is 10.4 Å². The average molecular weight is 264 g/mol.